The predicted octanol–water partition coefficient (Wildman–Crippen LogP) is 6.03. The van der Waals surface area contributed by atoms with Gasteiger partial charge < -0.3 is 0 Å². The molecule has 0 unspecified atom stereocenters. The highest BCUT2D eigenvalue weighted by atomic mass is 35.5. The topological polar surface area (TPSA) is 41.5 Å². The van der Waals surface area contributed by atoms with Crippen molar-refractivity contribution in [1.82, 2.24) is 5.43 Å². The summed E-state index contributed by atoms with van der Waals surface area (Å²) in [4.78, 5) is 12.6. The number of nitrogens with one attached hydrogen (secondary N) is 1. The second kappa shape index (κ2) is 7.23. The van der Waals surface area contributed by atoms with Crippen molar-refractivity contribution in [2.45, 2.75) is 13.8 Å². The molecule has 3 aromatic rings. The number of halogens is 2. The van der Waals surface area contributed by atoms with E-state index >= 15 is 0 Å². The van der Waals surface area contributed by atoms with E-state index in [2.05, 4.69) is 40.9 Å². The van der Waals surface area contributed by atoms with Gasteiger partial charge in [0.25, 0.3) is 0 Å². The SMILES string of the molecule is CC1(C)[C@H](C=C(Cl)Cl)[C@H]1C(=O)N/N=C\c1c2ccccc2cc2ccccc12. The summed E-state index contributed by atoms with van der Waals surface area (Å²) in [6.07, 6.45) is 3.46. The molecule has 1 N–H and O–H groups in total. The molecule has 1 aliphatic carbocycles. The van der Waals surface area contributed by atoms with Crippen molar-refractivity contribution in [3.05, 3.63) is 70.7 Å². The Bertz CT molecular complexity index is 1080. The molecule has 1 fully saturated rings. The van der Waals surface area contributed by atoms with Crippen molar-refractivity contribution < 1.29 is 4.79 Å². The minimum atomic E-state index is -0.193. The van der Waals surface area contributed by atoms with Gasteiger partial charge in [0.05, 0.1) is 12.1 Å². The Labute approximate surface area is 174 Å². The Morgan fingerprint density at radius 2 is 1.61 bits per heavy atom. The van der Waals surface area contributed by atoms with Gasteiger partial charge in [0, 0.05) is 5.56 Å². The van der Waals surface area contributed by atoms with Gasteiger partial charge in [0.2, 0.25) is 5.91 Å². The lowest BCUT2D eigenvalue weighted by Crippen LogP contribution is -2.22. The van der Waals surface area contributed by atoms with Gasteiger partial charge in [0.1, 0.15) is 4.49 Å². The highest BCUT2D eigenvalue weighted by Crippen LogP contribution is 2.59. The van der Waals surface area contributed by atoms with Crippen LogP contribution in [0, 0.1) is 17.3 Å². The van der Waals surface area contributed by atoms with Gasteiger partial charge in [-0.15, -0.1) is 0 Å². The maximum atomic E-state index is 12.6. The molecular weight excluding hydrogens is 391 g/mol. The van der Waals surface area contributed by atoms with E-state index in [1.807, 2.05) is 38.1 Å². The highest BCUT2D eigenvalue weighted by molar-refractivity contribution is 6.55. The van der Waals surface area contributed by atoms with Crippen LogP contribution in [0.1, 0.15) is 19.4 Å². The summed E-state index contributed by atoms with van der Waals surface area (Å²) >= 11 is 11.5. The van der Waals surface area contributed by atoms with E-state index in [1.165, 1.54) is 0 Å². The molecule has 0 saturated heterocycles. The maximum Gasteiger partial charge on any atom is 0.244 e. The third kappa shape index (κ3) is 3.41. The van der Waals surface area contributed by atoms with Crippen molar-refractivity contribution in [1.29, 1.82) is 0 Å². The number of fused-ring (bicyclic) bond motifs is 2. The number of allylic oxidation sites excluding steroid dienone is 1. The molecule has 0 spiro atoms. The average molecular weight is 411 g/mol. The zero-order chi connectivity index (χ0) is 19.9. The van der Waals surface area contributed by atoms with Gasteiger partial charge >= 0.3 is 0 Å². The fourth-order valence-electron chi connectivity index (χ4n) is 4.04. The second-order valence-corrected chi connectivity index (χ2v) is 8.76. The first-order valence-corrected chi connectivity index (χ1v) is 9.91. The first-order valence-electron chi connectivity index (χ1n) is 9.16. The van der Waals surface area contributed by atoms with Crippen LogP contribution in [0.2, 0.25) is 0 Å². The van der Waals surface area contributed by atoms with E-state index in [9.17, 15) is 4.79 Å². The zero-order valence-electron chi connectivity index (χ0n) is 15.6. The standard InChI is InChI=1S/C23H20Cl2N2O/c1-23(2)19(12-20(24)25)21(23)22(28)27-26-13-18-16-9-5-3-7-14(16)11-15-8-4-6-10-17(15)18/h3-13,19,21H,1-2H3,(H,27,28)/b26-13-/t19-,21+/m1/s1. The lowest BCUT2D eigenvalue weighted by molar-refractivity contribution is -0.123. The van der Waals surface area contributed by atoms with E-state index in [1.54, 1.807) is 12.3 Å². The Hall–Kier alpha value is -2.36. The molecule has 0 bridgehead atoms. The molecule has 0 heterocycles. The van der Waals surface area contributed by atoms with Gasteiger partial charge in [-0.05, 0) is 45.0 Å². The average Bonchev–Trinajstić information content (AvgIpc) is 3.20. The molecule has 4 rings (SSSR count). The summed E-state index contributed by atoms with van der Waals surface area (Å²) in [5, 5.41) is 8.74. The van der Waals surface area contributed by atoms with Gasteiger partial charge in [-0.25, -0.2) is 5.43 Å². The number of hydrogen-bond acceptors (Lipinski definition) is 2. The lowest BCUT2D eigenvalue weighted by Gasteiger charge is -2.08. The molecule has 1 aliphatic rings. The Morgan fingerprint density at radius 1 is 1.04 bits per heavy atom. The third-order valence-corrected chi connectivity index (χ3v) is 5.93. The molecule has 5 heteroatoms. The van der Waals surface area contributed by atoms with Crippen LogP contribution in [0.5, 0.6) is 0 Å². The zero-order valence-corrected chi connectivity index (χ0v) is 17.1. The van der Waals surface area contributed by atoms with Crippen LogP contribution in [0.4, 0.5) is 0 Å². The number of benzene rings is 3. The molecule has 142 valence electrons. The fraction of sp³-hybridized carbons (Fsp3) is 0.217. The molecule has 28 heavy (non-hydrogen) atoms. The number of carbonyl (C=O) groups is 1. The minimum Gasteiger partial charge on any atom is -0.273 e. The highest BCUT2D eigenvalue weighted by Gasteiger charge is 2.60. The van der Waals surface area contributed by atoms with Crippen LogP contribution in [0.25, 0.3) is 21.5 Å². The number of rotatable bonds is 4. The summed E-state index contributed by atoms with van der Waals surface area (Å²) < 4.78 is 0.194. The van der Waals surface area contributed by atoms with Crippen LogP contribution in [0.3, 0.4) is 0 Å². The van der Waals surface area contributed by atoms with Gasteiger partial charge in [-0.3, -0.25) is 4.79 Å². The number of carbonyl (C=O) groups excluding carboxylic acids is 1. The van der Waals surface area contributed by atoms with E-state index in [0.717, 1.165) is 27.1 Å². The van der Waals surface area contributed by atoms with Crippen LogP contribution in [-0.2, 0) is 4.79 Å². The van der Waals surface area contributed by atoms with Crippen molar-refractivity contribution in [2.75, 3.05) is 0 Å². The number of hydrogen-bond donors (Lipinski definition) is 1. The molecule has 3 aromatic carbocycles. The lowest BCUT2D eigenvalue weighted by atomic mass is 9.97. The molecule has 3 nitrogen and oxygen atoms in total. The predicted molar refractivity (Wildman–Crippen MR) is 118 cm³/mol. The van der Waals surface area contributed by atoms with E-state index in [0.29, 0.717) is 0 Å². The van der Waals surface area contributed by atoms with Gasteiger partial charge in [-0.2, -0.15) is 5.10 Å². The molecule has 0 aliphatic heterocycles. The van der Waals surface area contributed by atoms with E-state index < -0.39 is 0 Å². The van der Waals surface area contributed by atoms with Crippen molar-refractivity contribution >= 4 is 56.9 Å². The van der Waals surface area contributed by atoms with Crippen LogP contribution in [0.15, 0.2) is 70.3 Å². The maximum absolute atomic E-state index is 12.6. The summed E-state index contributed by atoms with van der Waals surface area (Å²) in [5.74, 6) is -0.297. The van der Waals surface area contributed by atoms with Crippen molar-refractivity contribution in [3.8, 4) is 0 Å². The van der Waals surface area contributed by atoms with Crippen LogP contribution < -0.4 is 5.43 Å². The first-order chi connectivity index (χ1) is 13.4. The Morgan fingerprint density at radius 3 is 2.18 bits per heavy atom. The minimum absolute atomic E-state index is 0.0195. The summed E-state index contributed by atoms with van der Waals surface area (Å²) in [6, 6.07) is 18.5. The summed E-state index contributed by atoms with van der Waals surface area (Å²) in [6.45, 7) is 4.05. The van der Waals surface area contributed by atoms with Gasteiger partial charge in [0.15, 0.2) is 0 Å². The van der Waals surface area contributed by atoms with Crippen molar-refractivity contribution in [3.63, 3.8) is 0 Å². The fourth-order valence-corrected chi connectivity index (χ4v) is 4.31. The van der Waals surface area contributed by atoms with E-state index in [4.69, 9.17) is 23.2 Å². The van der Waals surface area contributed by atoms with Gasteiger partial charge in [-0.1, -0.05) is 85.6 Å². The molecular formula is C23H20Cl2N2O. The largest absolute Gasteiger partial charge is 0.273 e. The molecule has 0 aromatic heterocycles. The molecule has 1 saturated carbocycles. The normalized spacial score (nSPS) is 20.4. The second-order valence-electron chi connectivity index (χ2n) is 7.75. The monoisotopic (exact) mass is 410 g/mol. The quantitative estimate of drug-likeness (QED) is 0.318. The molecule has 0 radical (unpaired) electrons. The molecule has 2 atom stereocenters. The van der Waals surface area contributed by atoms with E-state index in [-0.39, 0.29) is 27.6 Å². The Kier molecular flexibility index (Phi) is 4.90. The third-order valence-electron chi connectivity index (χ3n) is 5.68. The molecule has 1 amide bonds. The van der Waals surface area contributed by atoms with Crippen LogP contribution >= 0.6 is 23.2 Å². The Balaban J connectivity index is 1.62. The van der Waals surface area contributed by atoms with Crippen LogP contribution in [-0.4, -0.2) is 12.1 Å². The summed E-state index contributed by atoms with van der Waals surface area (Å²) in [5.41, 5.74) is 3.51. The van der Waals surface area contributed by atoms with Crippen molar-refractivity contribution in [2.24, 2.45) is 22.4 Å². The first kappa shape index (κ1) is 19.0. The smallest absolute Gasteiger partial charge is 0.244 e. The summed E-state index contributed by atoms with van der Waals surface area (Å²) in [7, 11) is 0. The number of amides is 1. The number of hydrazone groups is 1. The number of nitrogens with zero attached hydrogens (tertiary/aromatic N) is 1.